The lowest BCUT2D eigenvalue weighted by atomic mass is 9.80. The zero-order chi connectivity index (χ0) is 14.0. The van der Waals surface area contributed by atoms with Gasteiger partial charge in [-0.15, -0.1) is 10.2 Å². The quantitative estimate of drug-likeness (QED) is 0.911. The second-order valence-electron chi connectivity index (χ2n) is 5.35. The van der Waals surface area contributed by atoms with Gasteiger partial charge in [0.15, 0.2) is 10.3 Å². The molecule has 1 aliphatic rings. The number of carbonyl (C=O) groups excluding carboxylic acids is 1. The van der Waals surface area contributed by atoms with Crippen LogP contribution in [-0.4, -0.2) is 22.1 Å². The van der Waals surface area contributed by atoms with Gasteiger partial charge in [0.1, 0.15) is 0 Å². The summed E-state index contributed by atoms with van der Waals surface area (Å²) < 4.78 is 0. The predicted molar refractivity (Wildman–Crippen MR) is 75.5 cm³/mol. The minimum absolute atomic E-state index is 0.0822. The third-order valence-corrected chi connectivity index (χ3v) is 4.18. The van der Waals surface area contributed by atoms with E-state index in [9.17, 15) is 4.79 Å². The summed E-state index contributed by atoms with van der Waals surface area (Å²) in [7, 11) is 0. The average Bonchev–Trinajstić information content (AvgIpc) is 2.35. The molecule has 1 saturated carbocycles. The third kappa shape index (κ3) is 3.57. The number of nitrogens with zero attached hydrogens (tertiary/aromatic N) is 2. The zero-order valence-corrected chi connectivity index (χ0v) is 12.5. The van der Waals surface area contributed by atoms with E-state index in [4.69, 9.17) is 23.2 Å². The molecule has 0 saturated heterocycles. The summed E-state index contributed by atoms with van der Waals surface area (Å²) >= 11 is 11.6. The molecule has 1 heterocycles. The maximum Gasteiger partial charge on any atom is 0.254 e. The lowest BCUT2D eigenvalue weighted by Crippen LogP contribution is -2.42. The first-order chi connectivity index (χ1) is 8.97. The van der Waals surface area contributed by atoms with E-state index in [0.717, 1.165) is 25.2 Å². The molecule has 1 aromatic heterocycles. The van der Waals surface area contributed by atoms with Crippen LogP contribution in [0.15, 0.2) is 6.07 Å². The fraction of sp³-hybridized carbons (Fsp3) is 0.615. The molecule has 1 aromatic rings. The largest absolute Gasteiger partial charge is 0.349 e. The Balaban J connectivity index is 2.06. The van der Waals surface area contributed by atoms with Crippen molar-refractivity contribution >= 4 is 29.1 Å². The van der Waals surface area contributed by atoms with Gasteiger partial charge in [-0.05, 0) is 37.2 Å². The van der Waals surface area contributed by atoms with Gasteiger partial charge in [0, 0.05) is 6.04 Å². The number of rotatable bonds is 2. The number of amides is 1. The highest BCUT2D eigenvalue weighted by atomic mass is 35.5. The summed E-state index contributed by atoms with van der Waals surface area (Å²) in [6, 6.07) is 1.63. The van der Waals surface area contributed by atoms with Gasteiger partial charge in [0.05, 0.1) is 5.56 Å². The Morgan fingerprint density at radius 1 is 1.32 bits per heavy atom. The molecule has 0 spiro atoms. The van der Waals surface area contributed by atoms with Crippen molar-refractivity contribution in [3.63, 3.8) is 0 Å². The minimum Gasteiger partial charge on any atom is -0.349 e. The Hall–Kier alpha value is -0.870. The molecule has 0 radical (unpaired) electrons. The van der Waals surface area contributed by atoms with Crippen molar-refractivity contribution in [1.29, 1.82) is 0 Å². The van der Waals surface area contributed by atoms with E-state index in [1.807, 2.05) is 0 Å². The highest BCUT2D eigenvalue weighted by Gasteiger charge is 2.27. The summed E-state index contributed by atoms with van der Waals surface area (Å²) in [4.78, 5) is 12.2. The number of hydrogen-bond acceptors (Lipinski definition) is 3. The normalized spacial score (nSPS) is 27.1. The van der Waals surface area contributed by atoms with Crippen LogP contribution in [0.4, 0.5) is 0 Å². The van der Waals surface area contributed by atoms with Crippen LogP contribution >= 0.6 is 23.2 Å². The molecule has 3 atom stereocenters. The number of halogens is 2. The van der Waals surface area contributed by atoms with E-state index in [1.165, 1.54) is 6.07 Å². The van der Waals surface area contributed by atoms with Crippen molar-refractivity contribution in [1.82, 2.24) is 15.5 Å². The summed E-state index contributed by atoms with van der Waals surface area (Å²) in [5.41, 5.74) is 0.285. The van der Waals surface area contributed by atoms with Crippen LogP contribution < -0.4 is 5.32 Å². The van der Waals surface area contributed by atoms with Crippen LogP contribution in [0.5, 0.6) is 0 Å². The highest BCUT2D eigenvalue weighted by molar-refractivity contribution is 6.34. The molecule has 0 bridgehead atoms. The molecule has 1 N–H and O–H groups in total. The van der Waals surface area contributed by atoms with Crippen molar-refractivity contribution in [3.05, 3.63) is 21.9 Å². The molecule has 19 heavy (non-hydrogen) atoms. The van der Waals surface area contributed by atoms with Gasteiger partial charge in [-0.1, -0.05) is 37.0 Å². The summed E-state index contributed by atoms with van der Waals surface area (Å²) in [6.07, 6.45) is 3.27. The molecule has 3 unspecified atom stereocenters. The first-order valence-corrected chi connectivity index (χ1v) is 7.22. The lowest BCUT2D eigenvalue weighted by Gasteiger charge is -2.33. The average molecular weight is 302 g/mol. The zero-order valence-electron chi connectivity index (χ0n) is 11.0. The Morgan fingerprint density at radius 3 is 2.74 bits per heavy atom. The monoisotopic (exact) mass is 301 g/mol. The molecule has 104 valence electrons. The van der Waals surface area contributed by atoms with Gasteiger partial charge in [0.25, 0.3) is 5.91 Å². The predicted octanol–water partition coefficient (Wildman–Crippen LogP) is 3.34. The number of carbonyl (C=O) groups is 1. The van der Waals surface area contributed by atoms with Crippen LogP contribution in [0, 0.1) is 11.8 Å². The molecular formula is C13H17Cl2N3O. The number of aromatic nitrogens is 2. The fourth-order valence-electron chi connectivity index (χ4n) is 2.64. The van der Waals surface area contributed by atoms with Gasteiger partial charge in [-0.25, -0.2) is 0 Å². The molecule has 0 aromatic carbocycles. The topological polar surface area (TPSA) is 54.9 Å². The van der Waals surface area contributed by atoms with Crippen LogP contribution in [0.25, 0.3) is 0 Å². The Labute approximate surface area is 122 Å². The Kier molecular flexibility index (Phi) is 4.63. The first kappa shape index (κ1) is 14.5. The smallest absolute Gasteiger partial charge is 0.254 e. The maximum atomic E-state index is 12.2. The second-order valence-corrected chi connectivity index (χ2v) is 6.09. The molecule has 0 aliphatic heterocycles. The highest BCUT2D eigenvalue weighted by Crippen LogP contribution is 2.29. The maximum absolute atomic E-state index is 12.2. The van der Waals surface area contributed by atoms with E-state index >= 15 is 0 Å². The van der Waals surface area contributed by atoms with E-state index in [-0.39, 0.29) is 27.8 Å². The van der Waals surface area contributed by atoms with Crippen molar-refractivity contribution in [2.45, 2.75) is 39.2 Å². The Morgan fingerprint density at radius 2 is 2.05 bits per heavy atom. The van der Waals surface area contributed by atoms with Gasteiger partial charge in [-0.3, -0.25) is 4.79 Å². The van der Waals surface area contributed by atoms with E-state index < -0.39 is 0 Å². The number of hydrogen-bond donors (Lipinski definition) is 1. The minimum atomic E-state index is -0.229. The molecule has 2 rings (SSSR count). The van der Waals surface area contributed by atoms with Gasteiger partial charge in [-0.2, -0.15) is 0 Å². The van der Waals surface area contributed by atoms with Crippen LogP contribution in [0.1, 0.15) is 43.5 Å². The third-order valence-electron chi connectivity index (χ3n) is 3.71. The molecule has 1 amide bonds. The van der Waals surface area contributed by atoms with Crippen LogP contribution in [0.3, 0.4) is 0 Å². The van der Waals surface area contributed by atoms with Crippen LogP contribution in [0.2, 0.25) is 10.3 Å². The molecule has 1 fully saturated rings. The van der Waals surface area contributed by atoms with Gasteiger partial charge < -0.3 is 5.32 Å². The molecule has 4 nitrogen and oxygen atoms in total. The molecule has 1 aliphatic carbocycles. The van der Waals surface area contributed by atoms with Crippen molar-refractivity contribution < 1.29 is 4.79 Å². The van der Waals surface area contributed by atoms with Crippen molar-refractivity contribution in [2.75, 3.05) is 0 Å². The summed E-state index contributed by atoms with van der Waals surface area (Å²) in [5.74, 6) is 0.966. The number of nitrogens with one attached hydrogen (secondary N) is 1. The lowest BCUT2D eigenvalue weighted by molar-refractivity contribution is 0.0899. The van der Waals surface area contributed by atoms with Crippen LogP contribution in [-0.2, 0) is 0 Å². The van der Waals surface area contributed by atoms with Gasteiger partial charge in [0.2, 0.25) is 0 Å². The molecular weight excluding hydrogens is 285 g/mol. The van der Waals surface area contributed by atoms with E-state index in [2.05, 4.69) is 29.4 Å². The Bertz CT molecular complexity index is 481. The summed E-state index contributed by atoms with van der Waals surface area (Å²) in [6.45, 7) is 4.41. The summed E-state index contributed by atoms with van der Waals surface area (Å²) in [5, 5.41) is 10.5. The van der Waals surface area contributed by atoms with Crippen molar-refractivity contribution in [2.24, 2.45) is 11.8 Å². The molecule has 6 heteroatoms. The SMILES string of the molecule is CC1CCC(NC(=O)c2cc(Cl)nnc2Cl)C(C)C1. The fourth-order valence-corrected chi connectivity index (χ4v) is 2.96. The van der Waals surface area contributed by atoms with E-state index in [1.54, 1.807) is 0 Å². The van der Waals surface area contributed by atoms with Crippen molar-refractivity contribution in [3.8, 4) is 0 Å². The second kappa shape index (κ2) is 6.06. The first-order valence-electron chi connectivity index (χ1n) is 6.47. The van der Waals surface area contributed by atoms with E-state index in [0.29, 0.717) is 5.92 Å². The standard InChI is InChI=1S/C13H17Cl2N3O/c1-7-3-4-10(8(2)5-7)16-13(19)9-6-11(14)17-18-12(9)15/h6-8,10H,3-5H2,1-2H3,(H,16,19). The van der Waals surface area contributed by atoms with Gasteiger partial charge >= 0.3 is 0 Å².